The smallest absolute Gasteiger partial charge is 0.0140 e. The van der Waals surface area contributed by atoms with Crippen LogP contribution >= 0.6 is 12.4 Å². The van der Waals surface area contributed by atoms with Crippen LogP contribution in [0.1, 0.15) is 65.2 Å². The lowest BCUT2D eigenvalue weighted by Crippen LogP contribution is -1.99. The minimum atomic E-state index is 0. The molecule has 0 bridgehead atoms. The number of unbranched alkanes of at least 4 members (excludes halogenated alkanes) is 7. The molecule has 0 unspecified atom stereocenters. The molecule has 0 aromatic carbocycles. The van der Waals surface area contributed by atoms with Crippen LogP contribution in [0.5, 0.6) is 0 Å². The van der Waals surface area contributed by atoms with Crippen molar-refractivity contribution in [3.63, 3.8) is 0 Å². The highest BCUT2D eigenvalue weighted by Gasteiger charge is 1.87. The highest BCUT2D eigenvalue weighted by molar-refractivity contribution is 5.85. The molecule has 0 aromatic heterocycles. The SMILES string of the molecule is CCCCCCCCCC.CN(C)C.Cl.N. The number of hydrogen-bond donors (Lipinski definition) is 1. The van der Waals surface area contributed by atoms with Gasteiger partial charge in [-0.25, -0.2) is 0 Å². The van der Waals surface area contributed by atoms with E-state index < -0.39 is 0 Å². The van der Waals surface area contributed by atoms with Crippen LogP contribution in [0.25, 0.3) is 0 Å². The Morgan fingerprint density at radius 2 is 0.812 bits per heavy atom. The Kier molecular flexibility index (Phi) is 38.4. The van der Waals surface area contributed by atoms with E-state index in [1.165, 1.54) is 51.4 Å². The molecule has 0 aliphatic rings. The molecule has 3 heteroatoms. The number of nitrogens with zero attached hydrogens (tertiary/aromatic N) is 1. The van der Waals surface area contributed by atoms with Crippen LogP contribution < -0.4 is 6.15 Å². The van der Waals surface area contributed by atoms with Crippen LogP contribution in [-0.2, 0) is 0 Å². The minimum absolute atomic E-state index is 0. The van der Waals surface area contributed by atoms with Gasteiger partial charge in [-0.1, -0.05) is 65.2 Å². The minimum Gasteiger partial charge on any atom is -0.344 e. The molecule has 16 heavy (non-hydrogen) atoms. The van der Waals surface area contributed by atoms with Gasteiger partial charge in [-0.3, -0.25) is 0 Å². The van der Waals surface area contributed by atoms with E-state index in [0.717, 1.165) is 0 Å². The van der Waals surface area contributed by atoms with E-state index in [9.17, 15) is 0 Å². The van der Waals surface area contributed by atoms with E-state index in [0.29, 0.717) is 0 Å². The van der Waals surface area contributed by atoms with Crippen LogP contribution in [0.2, 0.25) is 0 Å². The van der Waals surface area contributed by atoms with Gasteiger partial charge in [-0.2, -0.15) is 0 Å². The quantitative estimate of drug-likeness (QED) is 0.656. The maximum Gasteiger partial charge on any atom is -0.0140 e. The molecule has 0 saturated heterocycles. The molecule has 0 rings (SSSR count). The number of halogens is 1. The first kappa shape index (κ1) is 25.2. The second-order valence-corrected chi connectivity index (χ2v) is 4.46. The molecule has 0 amide bonds. The van der Waals surface area contributed by atoms with Crippen molar-refractivity contribution in [2.75, 3.05) is 21.1 Å². The highest BCUT2D eigenvalue weighted by atomic mass is 35.5. The van der Waals surface area contributed by atoms with Gasteiger partial charge < -0.3 is 11.1 Å². The summed E-state index contributed by atoms with van der Waals surface area (Å²) in [5, 5.41) is 0. The number of rotatable bonds is 7. The Morgan fingerprint density at radius 3 is 1.00 bits per heavy atom. The van der Waals surface area contributed by atoms with Crippen molar-refractivity contribution in [3.05, 3.63) is 0 Å². The van der Waals surface area contributed by atoms with Crippen molar-refractivity contribution in [2.45, 2.75) is 65.2 Å². The molecule has 0 aliphatic carbocycles. The van der Waals surface area contributed by atoms with Crippen molar-refractivity contribution in [3.8, 4) is 0 Å². The Labute approximate surface area is 110 Å². The summed E-state index contributed by atoms with van der Waals surface area (Å²) < 4.78 is 0. The van der Waals surface area contributed by atoms with Gasteiger partial charge in [0, 0.05) is 0 Å². The lowest BCUT2D eigenvalue weighted by atomic mass is 10.1. The zero-order chi connectivity index (χ0) is 11.2. The van der Waals surface area contributed by atoms with E-state index in [4.69, 9.17) is 0 Å². The molecule has 3 N–H and O–H groups in total. The average molecular weight is 255 g/mol. The zero-order valence-electron chi connectivity index (χ0n) is 12.2. The van der Waals surface area contributed by atoms with E-state index >= 15 is 0 Å². The Hall–Kier alpha value is 0.210. The lowest BCUT2D eigenvalue weighted by Gasteiger charge is -1.97. The van der Waals surface area contributed by atoms with Crippen LogP contribution in [-0.4, -0.2) is 26.0 Å². The summed E-state index contributed by atoms with van der Waals surface area (Å²) in [6.45, 7) is 4.54. The monoisotopic (exact) mass is 254 g/mol. The summed E-state index contributed by atoms with van der Waals surface area (Å²) in [6.07, 6.45) is 11.5. The van der Waals surface area contributed by atoms with Gasteiger partial charge in [0.1, 0.15) is 0 Å². The van der Waals surface area contributed by atoms with Crippen molar-refractivity contribution >= 4 is 12.4 Å². The average Bonchev–Trinajstić information content (AvgIpc) is 2.10. The number of hydrogen-bond acceptors (Lipinski definition) is 2. The normalized spacial score (nSPS) is 8.62. The molecular weight excluding hydrogens is 220 g/mol. The Morgan fingerprint density at radius 1 is 0.625 bits per heavy atom. The topological polar surface area (TPSA) is 38.2 Å². The predicted octanol–water partition coefficient (Wildman–Crippen LogP) is 4.91. The third-order valence-electron chi connectivity index (χ3n) is 1.96. The molecule has 0 heterocycles. The molecule has 0 fully saturated rings. The van der Waals surface area contributed by atoms with Crippen LogP contribution in [0.3, 0.4) is 0 Å². The first-order valence-corrected chi connectivity index (χ1v) is 6.26. The fraction of sp³-hybridized carbons (Fsp3) is 1.00. The largest absolute Gasteiger partial charge is 0.344 e. The molecule has 0 aliphatic heterocycles. The predicted molar refractivity (Wildman–Crippen MR) is 80.2 cm³/mol. The van der Waals surface area contributed by atoms with Gasteiger partial charge in [0.05, 0.1) is 0 Å². The first-order valence-electron chi connectivity index (χ1n) is 6.26. The van der Waals surface area contributed by atoms with Gasteiger partial charge in [0.25, 0.3) is 0 Å². The van der Waals surface area contributed by atoms with E-state index in [1.54, 1.807) is 0 Å². The summed E-state index contributed by atoms with van der Waals surface area (Å²) >= 11 is 0. The van der Waals surface area contributed by atoms with Gasteiger partial charge in [0.15, 0.2) is 0 Å². The molecule has 104 valence electrons. The summed E-state index contributed by atoms with van der Waals surface area (Å²) in [4.78, 5) is 2.00. The summed E-state index contributed by atoms with van der Waals surface area (Å²) in [5.41, 5.74) is 0. The van der Waals surface area contributed by atoms with E-state index in [-0.39, 0.29) is 18.6 Å². The van der Waals surface area contributed by atoms with Gasteiger partial charge in [0.2, 0.25) is 0 Å². The van der Waals surface area contributed by atoms with E-state index in [1.807, 2.05) is 26.0 Å². The van der Waals surface area contributed by atoms with Crippen LogP contribution in [0.4, 0.5) is 0 Å². The zero-order valence-corrected chi connectivity index (χ0v) is 13.0. The fourth-order valence-corrected chi connectivity index (χ4v) is 1.21. The second-order valence-electron chi connectivity index (χ2n) is 4.46. The van der Waals surface area contributed by atoms with Crippen molar-refractivity contribution in [1.29, 1.82) is 0 Å². The Balaban J connectivity index is -0.000000105. The summed E-state index contributed by atoms with van der Waals surface area (Å²) in [6, 6.07) is 0. The fourth-order valence-electron chi connectivity index (χ4n) is 1.21. The van der Waals surface area contributed by atoms with Crippen molar-refractivity contribution < 1.29 is 0 Å². The van der Waals surface area contributed by atoms with Gasteiger partial charge in [-0.05, 0) is 21.1 Å². The standard InChI is InChI=1S/C10H22.C3H9N.ClH.H3N/c1-3-5-7-9-10-8-6-4-2;1-4(2)3;;/h3-10H2,1-2H3;1-3H3;1H;1H3. The van der Waals surface area contributed by atoms with Crippen molar-refractivity contribution in [2.24, 2.45) is 0 Å². The molecule has 0 radical (unpaired) electrons. The Bertz CT molecular complexity index is 77.2. The maximum atomic E-state index is 2.27. The maximum absolute atomic E-state index is 2.27. The molecule has 0 saturated carbocycles. The third kappa shape index (κ3) is 47.7. The molecule has 0 spiro atoms. The van der Waals surface area contributed by atoms with Gasteiger partial charge >= 0.3 is 0 Å². The summed E-state index contributed by atoms with van der Waals surface area (Å²) in [5.74, 6) is 0. The third-order valence-corrected chi connectivity index (χ3v) is 1.96. The van der Waals surface area contributed by atoms with Gasteiger partial charge in [-0.15, -0.1) is 12.4 Å². The summed E-state index contributed by atoms with van der Waals surface area (Å²) in [7, 11) is 6.00. The highest BCUT2D eigenvalue weighted by Crippen LogP contribution is 2.07. The molecule has 0 aromatic rings. The van der Waals surface area contributed by atoms with Crippen LogP contribution in [0, 0.1) is 0 Å². The van der Waals surface area contributed by atoms with Crippen LogP contribution in [0.15, 0.2) is 0 Å². The lowest BCUT2D eigenvalue weighted by molar-refractivity contribution is 0.505. The van der Waals surface area contributed by atoms with Crippen molar-refractivity contribution in [1.82, 2.24) is 11.1 Å². The molecular formula is C13H35ClN2. The molecule has 0 atom stereocenters. The second kappa shape index (κ2) is 24.4. The molecule has 2 nitrogen and oxygen atoms in total. The van der Waals surface area contributed by atoms with E-state index in [2.05, 4.69) is 13.8 Å². The first-order chi connectivity index (χ1) is 6.65.